The average Bonchev–Trinajstić information content (AvgIpc) is 2.75. The van der Waals surface area contributed by atoms with Crippen molar-refractivity contribution >= 4 is 6.09 Å². The molecule has 3 atom stereocenters. The Kier molecular flexibility index (Phi) is 6.98. The average molecular weight is 366 g/mol. The van der Waals surface area contributed by atoms with Crippen molar-refractivity contribution in [3.8, 4) is 0 Å². The summed E-state index contributed by atoms with van der Waals surface area (Å²) in [5, 5.41) is 10.9. The predicted octanol–water partition coefficient (Wildman–Crippen LogP) is 4.60. The maximum Gasteiger partial charge on any atom is 0.410 e. The molecule has 1 N–H and O–H groups in total. The zero-order chi connectivity index (χ0) is 19.3. The second kappa shape index (κ2) is 8.80. The number of aromatic nitrogens is 1. The quantitative estimate of drug-likeness (QED) is 0.846. The lowest BCUT2D eigenvalue weighted by atomic mass is 9.98. The lowest BCUT2D eigenvalue weighted by Crippen LogP contribution is -2.50. The minimum atomic E-state index is -0.997. The summed E-state index contributed by atoms with van der Waals surface area (Å²) in [6, 6.07) is 0.844. The topological polar surface area (TPSA) is 62.7 Å². The Morgan fingerprint density at radius 2 is 2.08 bits per heavy atom. The number of halogens is 1. The summed E-state index contributed by atoms with van der Waals surface area (Å²) >= 11 is 0. The zero-order valence-electron chi connectivity index (χ0n) is 16.2. The van der Waals surface area contributed by atoms with Crippen LogP contribution in [0.2, 0.25) is 0 Å². The first kappa shape index (κ1) is 20.6. The molecule has 5 nitrogen and oxygen atoms in total. The molecule has 146 valence electrons. The number of amides is 1. The van der Waals surface area contributed by atoms with E-state index in [0.717, 1.165) is 38.3 Å². The Bertz CT molecular complexity index is 603. The molecule has 0 aromatic carbocycles. The first-order valence-electron chi connectivity index (χ1n) is 9.52. The number of aliphatic hydroxyl groups is 1. The third-order valence-electron chi connectivity index (χ3n) is 4.70. The first-order valence-corrected chi connectivity index (χ1v) is 9.52. The van der Waals surface area contributed by atoms with Crippen molar-refractivity contribution < 1.29 is 19.0 Å². The van der Waals surface area contributed by atoms with Gasteiger partial charge in [0.15, 0.2) is 0 Å². The highest BCUT2D eigenvalue weighted by Crippen LogP contribution is 2.33. The molecule has 1 aliphatic rings. The van der Waals surface area contributed by atoms with E-state index in [1.807, 2.05) is 20.8 Å². The van der Waals surface area contributed by atoms with E-state index in [2.05, 4.69) is 11.9 Å². The Morgan fingerprint density at radius 1 is 1.38 bits per heavy atom. The van der Waals surface area contributed by atoms with Crippen molar-refractivity contribution in [1.29, 1.82) is 0 Å². The fourth-order valence-corrected chi connectivity index (χ4v) is 3.62. The summed E-state index contributed by atoms with van der Waals surface area (Å²) in [5.41, 5.74) is -0.225. The Balaban J connectivity index is 2.35. The monoisotopic (exact) mass is 366 g/mol. The fraction of sp³-hybridized carbons (Fsp3) is 0.700. The van der Waals surface area contributed by atoms with Crippen molar-refractivity contribution in [2.45, 2.75) is 90.0 Å². The first-order chi connectivity index (χ1) is 12.2. The van der Waals surface area contributed by atoms with Gasteiger partial charge in [0.2, 0.25) is 0 Å². The number of hydrogen-bond donors (Lipinski definition) is 1. The number of nitrogens with zero attached hydrogens (tertiary/aromatic N) is 2. The number of hydrogen-bond acceptors (Lipinski definition) is 4. The number of carbonyl (C=O) groups is 1. The number of likely N-dealkylation sites (tertiary alicyclic amines) is 1. The lowest BCUT2D eigenvalue weighted by molar-refractivity contribution is -0.0210. The Morgan fingerprint density at radius 3 is 2.69 bits per heavy atom. The third kappa shape index (κ3) is 5.40. The maximum absolute atomic E-state index is 13.6. The molecule has 26 heavy (non-hydrogen) atoms. The SMILES string of the molecule is CCC[C@@H]1CCCC[C@H]([C@H](O)c2cncc(F)c2)N1C(=O)OC(C)(C)C. The summed E-state index contributed by atoms with van der Waals surface area (Å²) in [6.07, 6.45) is 6.38. The third-order valence-corrected chi connectivity index (χ3v) is 4.70. The van der Waals surface area contributed by atoms with Gasteiger partial charge in [-0.3, -0.25) is 9.88 Å². The zero-order valence-corrected chi connectivity index (χ0v) is 16.2. The second-order valence-electron chi connectivity index (χ2n) is 8.06. The predicted molar refractivity (Wildman–Crippen MR) is 98.2 cm³/mol. The molecule has 2 rings (SSSR count). The number of rotatable bonds is 4. The molecule has 2 heterocycles. The van der Waals surface area contributed by atoms with Crippen LogP contribution < -0.4 is 0 Å². The van der Waals surface area contributed by atoms with Crippen LogP contribution in [0.15, 0.2) is 18.5 Å². The van der Waals surface area contributed by atoms with Crippen LogP contribution in [-0.4, -0.2) is 38.8 Å². The molecular weight excluding hydrogens is 335 g/mol. The van der Waals surface area contributed by atoms with Crippen LogP contribution in [0.3, 0.4) is 0 Å². The normalized spacial score (nSPS) is 22.6. The van der Waals surface area contributed by atoms with Gasteiger partial charge in [-0.1, -0.05) is 26.2 Å². The van der Waals surface area contributed by atoms with Gasteiger partial charge in [-0.15, -0.1) is 0 Å². The maximum atomic E-state index is 13.6. The largest absolute Gasteiger partial charge is 0.444 e. The van der Waals surface area contributed by atoms with E-state index >= 15 is 0 Å². The van der Waals surface area contributed by atoms with E-state index in [1.54, 1.807) is 4.90 Å². The van der Waals surface area contributed by atoms with Crippen LogP contribution in [0.5, 0.6) is 0 Å². The summed E-state index contributed by atoms with van der Waals surface area (Å²) in [6.45, 7) is 7.58. The molecule has 0 bridgehead atoms. The van der Waals surface area contributed by atoms with Crippen molar-refractivity contribution in [1.82, 2.24) is 9.88 Å². The minimum Gasteiger partial charge on any atom is -0.444 e. The Hall–Kier alpha value is -1.69. The molecule has 1 amide bonds. The van der Waals surface area contributed by atoms with Gasteiger partial charge in [0.1, 0.15) is 17.5 Å². The summed E-state index contributed by atoms with van der Waals surface area (Å²) in [4.78, 5) is 18.5. The van der Waals surface area contributed by atoms with Gasteiger partial charge in [-0.05, 0) is 46.1 Å². The van der Waals surface area contributed by atoms with Crippen LogP contribution in [-0.2, 0) is 4.74 Å². The van der Waals surface area contributed by atoms with Gasteiger partial charge in [0.05, 0.1) is 12.2 Å². The standard InChI is InChI=1S/C20H31FN2O3/c1-5-8-16-9-6-7-10-17(23(16)19(25)26-20(2,3)4)18(24)14-11-15(21)13-22-12-14/h11-13,16-18,24H,5-10H2,1-4H3/t16-,17-,18-/m1/s1. The second-order valence-corrected chi connectivity index (χ2v) is 8.06. The summed E-state index contributed by atoms with van der Waals surface area (Å²) < 4.78 is 19.2. The van der Waals surface area contributed by atoms with Crippen LogP contribution in [0, 0.1) is 5.82 Å². The molecule has 0 radical (unpaired) electrons. The number of carbonyl (C=O) groups excluding carboxylic acids is 1. The fourth-order valence-electron chi connectivity index (χ4n) is 3.62. The van der Waals surface area contributed by atoms with Gasteiger partial charge >= 0.3 is 6.09 Å². The highest BCUT2D eigenvalue weighted by Gasteiger charge is 2.39. The molecule has 1 fully saturated rings. The number of aliphatic hydroxyl groups excluding tert-OH is 1. The Labute approximate surface area is 155 Å². The molecule has 0 saturated carbocycles. The molecule has 0 spiro atoms. The molecule has 0 unspecified atom stereocenters. The molecule has 1 saturated heterocycles. The molecular formula is C20H31FN2O3. The van der Waals surface area contributed by atoms with E-state index in [-0.39, 0.29) is 6.04 Å². The number of ether oxygens (including phenoxy) is 1. The molecule has 1 aromatic heterocycles. The van der Waals surface area contributed by atoms with E-state index < -0.39 is 29.7 Å². The van der Waals surface area contributed by atoms with Crippen molar-refractivity contribution in [3.05, 3.63) is 29.8 Å². The van der Waals surface area contributed by atoms with Crippen LogP contribution in [0.1, 0.15) is 77.9 Å². The van der Waals surface area contributed by atoms with Crippen molar-refractivity contribution in [2.75, 3.05) is 0 Å². The molecule has 6 heteroatoms. The lowest BCUT2D eigenvalue weighted by Gasteiger charge is -2.39. The van der Waals surface area contributed by atoms with Gasteiger partial charge in [-0.25, -0.2) is 9.18 Å². The molecule has 1 aromatic rings. The van der Waals surface area contributed by atoms with Crippen LogP contribution in [0.4, 0.5) is 9.18 Å². The van der Waals surface area contributed by atoms with Crippen LogP contribution >= 0.6 is 0 Å². The highest BCUT2D eigenvalue weighted by atomic mass is 19.1. The summed E-state index contributed by atoms with van der Waals surface area (Å²) in [7, 11) is 0. The van der Waals surface area contributed by atoms with Gasteiger partial charge in [0.25, 0.3) is 0 Å². The molecule has 1 aliphatic heterocycles. The van der Waals surface area contributed by atoms with Gasteiger partial charge in [-0.2, -0.15) is 0 Å². The highest BCUT2D eigenvalue weighted by molar-refractivity contribution is 5.69. The van der Waals surface area contributed by atoms with Gasteiger partial charge < -0.3 is 9.84 Å². The van der Waals surface area contributed by atoms with Crippen molar-refractivity contribution in [3.63, 3.8) is 0 Å². The van der Waals surface area contributed by atoms with Crippen LogP contribution in [0.25, 0.3) is 0 Å². The van der Waals surface area contributed by atoms with E-state index in [4.69, 9.17) is 4.74 Å². The van der Waals surface area contributed by atoms with E-state index in [0.29, 0.717) is 12.0 Å². The minimum absolute atomic E-state index is 0.0125. The van der Waals surface area contributed by atoms with E-state index in [1.165, 1.54) is 12.3 Å². The van der Waals surface area contributed by atoms with E-state index in [9.17, 15) is 14.3 Å². The molecule has 0 aliphatic carbocycles. The smallest absolute Gasteiger partial charge is 0.410 e. The van der Waals surface area contributed by atoms with Gasteiger partial charge in [0, 0.05) is 17.8 Å². The number of pyridine rings is 1. The summed E-state index contributed by atoms with van der Waals surface area (Å²) in [5.74, 6) is -0.496. The van der Waals surface area contributed by atoms with Crippen molar-refractivity contribution in [2.24, 2.45) is 0 Å².